The summed E-state index contributed by atoms with van der Waals surface area (Å²) in [4.78, 5) is 23.0. The minimum Gasteiger partial charge on any atom is -0.497 e. The van der Waals surface area contributed by atoms with Crippen LogP contribution in [0.25, 0.3) is 0 Å². The molecule has 0 radical (unpaired) electrons. The number of hydrogen-bond acceptors (Lipinski definition) is 3. The Bertz CT molecular complexity index is 488. The lowest BCUT2D eigenvalue weighted by Crippen LogP contribution is -2.41. The Labute approximate surface area is 125 Å². The Hall–Kier alpha value is -2.04. The van der Waals surface area contributed by atoms with Gasteiger partial charge in [-0.15, -0.1) is 0 Å². The Morgan fingerprint density at radius 3 is 2.19 bits per heavy atom. The number of ether oxygens (including phenoxy) is 1. The van der Waals surface area contributed by atoms with Crippen LogP contribution in [-0.4, -0.2) is 29.6 Å². The third-order valence-corrected chi connectivity index (χ3v) is 2.95. The van der Waals surface area contributed by atoms with Gasteiger partial charge in [-0.05, 0) is 38.5 Å². The molecule has 5 nitrogen and oxygen atoms in total. The van der Waals surface area contributed by atoms with Gasteiger partial charge in [0.15, 0.2) is 0 Å². The van der Waals surface area contributed by atoms with Crippen molar-refractivity contribution in [2.45, 2.75) is 45.1 Å². The molecule has 21 heavy (non-hydrogen) atoms. The second-order valence-corrected chi connectivity index (χ2v) is 6.07. The summed E-state index contributed by atoms with van der Waals surface area (Å²) < 4.78 is 5.08. The SMILES string of the molecule is COc1ccc(C(CC(=O)O)CC(=O)NC(C)(C)C)cc1. The molecule has 1 rings (SSSR count). The largest absolute Gasteiger partial charge is 0.497 e. The van der Waals surface area contributed by atoms with Gasteiger partial charge in [-0.3, -0.25) is 9.59 Å². The molecule has 0 heterocycles. The molecule has 5 heteroatoms. The van der Waals surface area contributed by atoms with Crippen molar-refractivity contribution in [1.29, 1.82) is 0 Å². The van der Waals surface area contributed by atoms with Crippen LogP contribution in [0.4, 0.5) is 0 Å². The van der Waals surface area contributed by atoms with Gasteiger partial charge in [-0.2, -0.15) is 0 Å². The summed E-state index contributed by atoms with van der Waals surface area (Å²) in [6.07, 6.45) is 0.0692. The molecular formula is C16H23NO4. The lowest BCUT2D eigenvalue weighted by molar-refractivity contribution is -0.137. The number of carbonyl (C=O) groups is 2. The van der Waals surface area contributed by atoms with Gasteiger partial charge in [0.1, 0.15) is 5.75 Å². The molecule has 0 bridgehead atoms. The van der Waals surface area contributed by atoms with Crippen LogP contribution in [0.3, 0.4) is 0 Å². The molecule has 1 amide bonds. The molecule has 1 aromatic carbocycles. The Kier molecular flexibility index (Phi) is 5.76. The zero-order valence-corrected chi connectivity index (χ0v) is 13.0. The van der Waals surface area contributed by atoms with Gasteiger partial charge in [-0.25, -0.2) is 0 Å². The second-order valence-electron chi connectivity index (χ2n) is 6.07. The second kappa shape index (κ2) is 7.11. The van der Waals surface area contributed by atoms with Gasteiger partial charge < -0.3 is 15.2 Å². The van der Waals surface area contributed by atoms with Gasteiger partial charge in [0.2, 0.25) is 5.91 Å². The van der Waals surface area contributed by atoms with Crippen molar-refractivity contribution in [1.82, 2.24) is 5.32 Å². The molecule has 0 aliphatic rings. The summed E-state index contributed by atoms with van der Waals surface area (Å²) in [6.45, 7) is 5.68. The van der Waals surface area contributed by atoms with Crippen LogP contribution in [0, 0.1) is 0 Å². The number of rotatable bonds is 6. The first-order valence-electron chi connectivity index (χ1n) is 6.88. The normalized spacial score (nSPS) is 12.6. The average molecular weight is 293 g/mol. The molecule has 1 unspecified atom stereocenters. The van der Waals surface area contributed by atoms with Gasteiger partial charge in [0.05, 0.1) is 13.5 Å². The number of carboxylic acids is 1. The van der Waals surface area contributed by atoms with E-state index in [1.807, 2.05) is 20.8 Å². The molecule has 0 spiro atoms. The fourth-order valence-electron chi connectivity index (χ4n) is 2.09. The fourth-order valence-corrected chi connectivity index (χ4v) is 2.09. The highest BCUT2D eigenvalue weighted by Crippen LogP contribution is 2.26. The van der Waals surface area contributed by atoms with Gasteiger partial charge in [-0.1, -0.05) is 12.1 Å². The number of carbonyl (C=O) groups excluding carboxylic acids is 1. The number of aliphatic carboxylic acids is 1. The van der Waals surface area contributed by atoms with Crippen LogP contribution in [0.5, 0.6) is 5.75 Å². The quantitative estimate of drug-likeness (QED) is 0.845. The van der Waals surface area contributed by atoms with Gasteiger partial charge in [0.25, 0.3) is 0 Å². The van der Waals surface area contributed by atoms with Crippen LogP contribution in [0.15, 0.2) is 24.3 Å². The Morgan fingerprint density at radius 2 is 1.76 bits per heavy atom. The molecule has 0 fully saturated rings. The van der Waals surface area contributed by atoms with Gasteiger partial charge in [0, 0.05) is 17.9 Å². The van der Waals surface area contributed by atoms with E-state index in [-0.39, 0.29) is 30.2 Å². The average Bonchev–Trinajstić information content (AvgIpc) is 2.35. The summed E-state index contributed by atoms with van der Waals surface area (Å²) in [5, 5.41) is 11.9. The topological polar surface area (TPSA) is 75.6 Å². The highest BCUT2D eigenvalue weighted by atomic mass is 16.5. The van der Waals surface area contributed by atoms with Crippen molar-refractivity contribution in [2.24, 2.45) is 0 Å². The number of methoxy groups -OCH3 is 1. The number of nitrogens with one attached hydrogen (secondary N) is 1. The zero-order valence-electron chi connectivity index (χ0n) is 13.0. The maximum absolute atomic E-state index is 12.0. The molecule has 1 atom stereocenters. The van der Waals surface area contributed by atoms with E-state index < -0.39 is 5.97 Å². The van der Waals surface area contributed by atoms with Crippen molar-refractivity contribution in [3.63, 3.8) is 0 Å². The first-order valence-corrected chi connectivity index (χ1v) is 6.88. The number of carboxylic acid groups (broad SMARTS) is 1. The monoisotopic (exact) mass is 293 g/mol. The van der Waals surface area contributed by atoms with Crippen molar-refractivity contribution < 1.29 is 19.4 Å². The summed E-state index contributed by atoms with van der Waals surface area (Å²) in [6, 6.07) is 7.14. The van der Waals surface area contributed by atoms with E-state index in [4.69, 9.17) is 9.84 Å². The predicted molar refractivity (Wildman–Crippen MR) is 80.5 cm³/mol. The third kappa shape index (κ3) is 6.29. The number of hydrogen-bond donors (Lipinski definition) is 2. The van der Waals surface area contributed by atoms with Crippen molar-refractivity contribution in [2.75, 3.05) is 7.11 Å². The van der Waals surface area contributed by atoms with E-state index >= 15 is 0 Å². The van der Waals surface area contributed by atoms with Crippen LogP contribution < -0.4 is 10.1 Å². The Balaban J connectivity index is 2.84. The Morgan fingerprint density at radius 1 is 1.19 bits per heavy atom. The number of amides is 1. The highest BCUT2D eigenvalue weighted by molar-refractivity contribution is 5.79. The minimum absolute atomic E-state index is 0.0795. The van der Waals surface area contributed by atoms with Crippen LogP contribution in [0.2, 0.25) is 0 Å². The van der Waals surface area contributed by atoms with Crippen LogP contribution in [-0.2, 0) is 9.59 Å². The maximum Gasteiger partial charge on any atom is 0.303 e. The molecular weight excluding hydrogens is 270 g/mol. The van der Waals surface area contributed by atoms with E-state index in [0.29, 0.717) is 5.75 Å². The molecule has 0 saturated carbocycles. The first-order chi connectivity index (χ1) is 9.71. The molecule has 0 aliphatic heterocycles. The molecule has 0 aliphatic carbocycles. The molecule has 0 saturated heterocycles. The van der Waals surface area contributed by atoms with Crippen molar-refractivity contribution in [3.05, 3.63) is 29.8 Å². The summed E-state index contributed by atoms with van der Waals surface area (Å²) >= 11 is 0. The highest BCUT2D eigenvalue weighted by Gasteiger charge is 2.22. The third-order valence-electron chi connectivity index (χ3n) is 2.95. The lowest BCUT2D eigenvalue weighted by Gasteiger charge is -2.23. The zero-order chi connectivity index (χ0) is 16.0. The lowest BCUT2D eigenvalue weighted by atomic mass is 9.91. The van der Waals surface area contributed by atoms with E-state index in [2.05, 4.69) is 5.32 Å². The molecule has 0 aromatic heterocycles. The predicted octanol–water partition coefficient (Wildman–Crippen LogP) is 2.56. The summed E-state index contributed by atoms with van der Waals surface area (Å²) in [7, 11) is 1.57. The maximum atomic E-state index is 12.0. The summed E-state index contributed by atoms with van der Waals surface area (Å²) in [5.74, 6) is -0.716. The van der Waals surface area contributed by atoms with Crippen molar-refractivity contribution in [3.8, 4) is 5.75 Å². The van der Waals surface area contributed by atoms with E-state index in [9.17, 15) is 9.59 Å². The fraction of sp³-hybridized carbons (Fsp3) is 0.500. The molecule has 116 valence electrons. The van der Waals surface area contributed by atoms with Crippen LogP contribution >= 0.6 is 0 Å². The molecule has 2 N–H and O–H groups in total. The van der Waals surface area contributed by atoms with Crippen molar-refractivity contribution >= 4 is 11.9 Å². The first kappa shape index (κ1) is 17.0. The molecule has 1 aromatic rings. The minimum atomic E-state index is -0.917. The smallest absolute Gasteiger partial charge is 0.303 e. The van der Waals surface area contributed by atoms with Gasteiger partial charge >= 0.3 is 5.97 Å². The summed E-state index contributed by atoms with van der Waals surface area (Å²) in [5.41, 5.74) is 0.493. The number of benzene rings is 1. The van der Waals surface area contributed by atoms with E-state index in [0.717, 1.165) is 5.56 Å². The van der Waals surface area contributed by atoms with E-state index in [1.165, 1.54) is 0 Å². The van der Waals surface area contributed by atoms with Crippen LogP contribution in [0.1, 0.15) is 45.1 Å². The van der Waals surface area contributed by atoms with E-state index in [1.54, 1.807) is 31.4 Å². The standard InChI is InChI=1S/C16H23NO4/c1-16(2,3)17-14(18)9-12(10-15(19)20)11-5-7-13(21-4)8-6-11/h5-8,12H,9-10H2,1-4H3,(H,17,18)(H,19,20).